The van der Waals surface area contributed by atoms with Crippen molar-refractivity contribution >= 4 is 28.6 Å². The zero-order valence-electron chi connectivity index (χ0n) is 14.1. The lowest BCUT2D eigenvalue weighted by Gasteiger charge is -2.17. The van der Waals surface area contributed by atoms with Gasteiger partial charge in [0.1, 0.15) is 9.88 Å². The van der Waals surface area contributed by atoms with E-state index in [2.05, 4.69) is 4.98 Å². The molecule has 4 nitrogen and oxygen atoms in total. The maximum atomic E-state index is 13.8. The summed E-state index contributed by atoms with van der Waals surface area (Å²) in [6.07, 6.45) is 0. The van der Waals surface area contributed by atoms with Crippen molar-refractivity contribution in [3.63, 3.8) is 0 Å². The minimum absolute atomic E-state index is 0.117. The molecule has 0 fully saturated rings. The number of thiazole rings is 1. The standard InChI is InChI=1S/C18H17FN2O2S2/c1-11-16(25-17(20-11)15-5-4-8-24-15)18(22)21(2)10-12-6-7-14(23-3)13(19)9-12/h4-9H,10H2,1-3H3. The molecule has 3 aromatic rings. The maximum Gasteiger partial charge on any atom is 0.265 e. The van der Waals surface area contributed by atoms with E-state index in [1.807, 2.05) is 24.4 Å². The van der Waals surface area contributed by atoms with E-state index < -0.39 is 5.82 Å². The molecule has 2 heterocycles. The van der Waals surface area contributed by atoms with Crippen LogP contribution in [0.1, 0.15) is 20.9 Å². The highest BCUT2D eigenvalue weighted by molar-refractivity contribution is 7.22. The number of thiophene rings is 1. The number of ether oxygens (including phenoxy) is 1. The minimum atomic E-state index is -0.435. The Morgan fingerprint density at radius 1 is 1.36 bits per heavy atom. The number of nitrogens with zero attached hydrogens (tertiary/aromatic N) is 2. The van der Waals surface area contributed by atoms with Gasteiger partial charge in [-0.05, 0) is 36.1 Å². The Hall–Kier alpha value is -2.25. The highest BCUT2D eigenvalue weighted by Crippen LogP contribution is 2.31. The van der Waals surface area contributed by atoms with Crippen molar-refractivity contribution in [1.29, 1.82) is 0 Å². The molecule has 7 heteroatoms. The second kappa shape index (κ2) is 7.33. The Morgan fingerprint density at radius 3 is 2.80 bits per heavy atom. The molecule has 0 atom stereocenters. The molecule has 0 bridgehead atoms. The SMILES string of the molecule is COc1ccc(CN(C)C(=O)c2sc(-c3cccs3)nc2C)cc1F. The van der Waals surface area contributed by atoms with Crippen LogP contribution in [-0.2, 0) is 6.54 Å². The van der Waals surface area contributed by atoms with Gasteiger partial charge in [-0.25, -0.2) is 9.37 Å². The molecule has 0 aliphatic rings. The minimum Gasteiger partial charge on any atom is -0.494 e. The number of halogens is 1. The van der Waals surface area contributed by atoms with Gasteiger partial charge in [-0.3, -0.25) is 4.79 Å². The van der Waals surface area contributed by atoms with E-state index in [0.29, 0.717) is 22.7 Å². The number of hydrogen-bond acceptors (Lipinski definition) is 5. The molecular formula is C18H17FN2O2S2. The number of aryl methyl sites for hydroxylation is 1. The number of aromatic nitrogens is 1. The number of carbonyl (C=O) groups is 1. The Labute approximate surface area is 153 Å². The fourth-order valence-corrected chi connectivity index (χ4v) is 4.29. The van der Waals surface area contributed by atoms with Crippen LogP contribution < -0.4 is 4.74 Å². The molecule has 0 N–H and O–H groups in total. The van der Waals surface area contributed by atoms with Gasteiger partial charge in [0.25, 0.3) is 5.91 Å². The highest BCUT2D eigenvalue weighted by Gasteiger charge is 2.20. The van der Waals surface area contributed by atoms with Crippen molar-refractivity contribution in [3.8, 4) is 15.6 Å². The molecule has 0 saturated heterocycles. The lowest BCUT2D eigenvalue weighted by Crippen LogP contribution is -2.26. The Kier molecular flexibility index (Phi) is 5.15. The number of methoxy groups -OCH3 is 1. The quantitative estimate of drug-likeness (QED) is 0.654. The first kappa shape index (κ1) is 17.6. The molecule has 2 aromatic heterocycles. The van der Waals surface area contributed by atoms with E-state index in [4.69, 9.17) is 4.74 Å². The second-order valence-corrected chi connectivity index (χ2v) is 7.49. The van der Waals surface area contributed by atoms with Gasteiger partial charge < -0.3 is 9.64 Å². The van der Waals surface area contributed by atoms with Crippen LogP contribution in [0.2, 0.25) is 0 Å². The molecule has 3 rings (SSSR count). The molecule has 0 saturated carbocycles. The van der Waals surface area contributed by atoms with Gasteiger partial charge >= 0.3 is 0 Å². The van der Waals surface area contributed by atoms with Gasteiger partial charge in [-0.15, -0.1) is 22.7 Å². The fraction of sp³-hybridized carbons (Fsp3) is 0.222. The van der Waals surface area contributed by atoms with E-state index in [1.54, 1.807) is 35.4 Å². The number of amides is 1. The highest BCUT2D eigenvalue weighted by atomic mass is 32.1. The van der Waals surface area contributed by atoms with E-state index in [1.165, 1.54) is 24.5 Å². The van der Waals surface area contributed by atoms with E-state index in [0.717, 1.165) is 9.88 Å². The van der Waals surface area contributed by atoms with Crippen LogP contribution in [0.5, 0.6) is 5.75 Å². The summed E-state index contributed by atoms with van der Waals surface area (Å²) in [5, 5.41) is 2.83. The largest absolute Gasteiger partial charge is 0.494 e. The molecule has 0 aliphatic heterocycles. The summed E-state index contributed by atoms with van der Waals surface area (Å²) >= 11 is 2.98. The second-order valence-electron chi connectivity index (χ2n) is 5.54. The Balaban J connectivity index is 1.77. The first-order valence-electron chi connectivity index (χ1n) is 7.58. The first-order valence-corrected chi connectivity index (χ1v) is 9.28. The van der Waals surface area contributed by atoms with Crippen molar-refractivity contribution < 1.29 is 13.9 Å². The molecular weight excluding hydrogens is 359 g/mol. The number of benzene rings is 1. The van der Waals surface area contributed by atoms with Crippen molar-refractivity contribution in [2.24, 2.45) is 0 Å². The molecule has 0 spiro atoms. The molecule has 1 aromatic carbocycles. The predicted octanol–water partition coefficient (Wildman–Crippen LogP) is 4.60. The van der Waals surface area contributed by atoms with Gasteiger partial charge in [-0.2, -0.15) is 0 Å². The number of rotatable bonds is 5. The first-order chi connectivity index (χ1) is 12.0. The monoisotopic (exact) mass is 376 g/mol. The van der Waals surface area contributed by atoms with Crippen LogP contribution in [0.4, 0.5) is 4.39 Å². The third-order valence-corrected chi connectivity index (χ3v) is 5.89. The summed E-state index contributed by atoms with van der Waals surface area (Å²) in [6.45, 7) is 2.15. The van der Waals surface area contributed by atoms with Crippen LogP contribution in [0.25, 0.3) is 9.88 Å². The van der Waals surface area contributed by atoms with Crippen LogP contribution in [-0.4, -0.2) is 29.9 Å². The zero-order valence-corrected chi connectivity index (χ0v) is 15.7. The summed E-state index contributed by atoms with van der Waals surface area (Å²) in [4.78, 5) is 20.5. The number of carbonyl (C=O) groups excluding carboxylic acids is 1. The fourth-order valence-electron chi connectivity index (χ4n) is 2.43. The van der Waals surface area contributed by atoms with Crippen molar-refractivity contribution in [1.82, 2.24) is 9.88 Å². The molecule has 130 valence electrons. The summed E-state index contributed by atoms with van der Waals surface area (Å²) in [6, 6.07) is 8.65. The van der Waals surface area contributed by atoms with Gasteiger partial charge in [0, 0.05) is 13.6 Å². The summed E-state index contributed by atoms with van der Waals surface area (Å²) < 4.78 is 18.7. The summed E-state index contributed by atoms with van der Waals surface area (Å²) in [7, 11) is 3.12. The molecule has 1 amide bonds. The van der Waals surface area contributed by atoms with Crippen molar-refractivity contribution in [2.75, 3.05) is 14.2 Å². The third kappa shape index (κ3) is 3.72. The van der Waals surface area contributed by atoms with Crippen LogP contribution in [0.3, 0.4) is 0 Å². The Bertz CT molecular complexity index is 891. The van der Waals surface area contributed by atoms with Gasteiger partial charge in [0.15, 0.2) is 11.6 Å². The predicted molar refractivity (Wildman–Crippen MR) is 98.9 cm³/mol. The van der Waals surface area contributed by atoms with E-state index in [9.17, 15) is 9.18 Å². The van der Waals surface area contributed by atoms with Crippen molar-refractivity contribution in [2.45, 2.75) is 13.5 Å². The molecule has 0 unspecified atom stereocenters. The van der Waals surface area contributed by atoms with Gasteiger partial charge in [0.2, 0.25) is 0 Å². The van der Waals surface area contributed by atoms with Crippen molar-refractivity contribution in [3.05, 3.63) is 57.7 Å². The molecule has 0 radical (unpaired) electrons. The van der Waals surface area contributed by atoms with E-state index in [-0.39, 0.29) is 11.7 Å². The summed E-state index contributed by atoms with van der Waals surface area (Å²) in [5.74, 6) is -0.361. The topological polar surface area (TPSA) is 42.4 Å². The zero-order chi connectivity index (χ0) is 18.0. The van der Waals surface area contributed by atoms with Gasteiger partial charge in [0.05, 0.1) is 17.7 Å². The average molecular weight is 376 g/mol. The van der Waals surface area contributed by atoms with E-state index >= 15 is 0 Å². The maximum absolute atomic E-state index is 13.8. The lowest BCUT2D eigenvalue weighted by molar-refractivity contribution is 0.0788. The van der Waals surface area contributed by atoms with Crippen LogP contribution in [0, 0.1) is 12.7 Å². The average Bonchev–Trinajstić information content (AvgIpc) is 3.23. The molecule has 25 heavy (non-hydrogen) atoms. The Morgan fingerprint density at radius 2 is 2.16 bits per heavy atom. The van der Waals surface area contributed by atoms with Crippen LogP contribution in [0.15, 0.2) is 35.7 Å². The van der Waals surface area contributed by atoms with Crippen LogP contribution >= 0.6 is 22.7 Å². The normalized spacial score (nSPS) is 10.7. The molecule has 0 aliphatic carbocycles. The van der Waals surface area contributed by atoms with Gasteiger partial charge in [-0.1, -0.05) is 12.1 Å². The summed E-state index contributed by atoms with van der Waals surface area (Å²) in [5.41, 5.74) is 1.42. The number of hydrogen-bond donors (Lipinski definition) is 0. The lowest BCUT2D eigenvalue weighted by atomic mass is 10.2. The third-order valence-electron chi connectivity index (χ3n) is 3.71. The smallest absolute Gasteiger partial charge is 0.265 e.